The number of nitriles is 2. The summed E-state index contributed by atoms with van der Waals surface area (Å²) >= 11 is 0. The molecular weight excluding hydrogens is 190 g/mol. The highest BCUT2D eigenvalue weighted by Gasteiger charge is 1.98. The summed E-state index contributed by atoms with van der Waals surface area (Å²) in [5.74, 6) is 0. The van der Waals surface area contributed by atoms with Gasteiger partial charge in [0.25, 0.3) is 0 Å². The highest BCUT2D eigenvalue weighted by atomic mass is 14.8. The van der Waals surface area contributed by atoms with Gasteiger partial charge in [0.2, 0.25) is 0 Å². The van der Waals surface area contributed by atoms with Crippen LogP contribution in [0.15, 0.2) is 40.9 Å². The molecule has 1 aromatic rings. The van der Waals surface area contributed by atoms with Crippen LogP contribution in [-0.2, 0) is 0 Å². The van der Waals surface area contributed by atoms with Crippen LogP contribution in [0.3, 0.4) is 0 Å². The van der Waals surface area contributed by atoms with Gasteiger partial charge < -0.3 is 5.73 Å². The molecule has 0 bridgehead atoms. The molecule has 0 fully saturated rings. The van der Waals surface area contributed by atoms with Crippen molar-refractivity contribution in [3.05, 3.63) is 41.5 Å². The Morgan fingerprint density at radius 2 is 2.27 bits per heavy atom. The zero-order valence-electron chi connectivity index (χ0n) is 7.75. The van der Waals surface area contributed by atoms with Gasteiger partial charge in [0, 0.05) is 24.2 Å². The normalized spacial score (nSPS) is 11.6. The highest BCUT2D eigenvalue weighted by molar-refractivity contribution is 5.80. The first-order valence-corrected chi connectivity index (χ1v) is 4.02. The monoisotopic (exact) mass is 197 g/mol. The maximum atomic E-state index is 8.64. The fourth-order valence-electron chi connectivity index (χ4n) is 0.803. The Morgan fingerprint density at radius 1 is 1.47 bits per heavy atom. The van der Waals surface area contributed by atoms with Gasteiger partial charge in [-0.3, -0.25) is 4.98 Å². The van der Waals surface area contributed by atoms with Gasteiger partial charge in [0.05, 0.1) is 0 Å². The number of pyridine rings is 1. The Bertz CT molecular complexity index is 473. The van der Waals surface area contributed by atoms with Crippen molar-refractivity contribution in [1.82, 2.24) is 4.98 Å². The average Bonchev–Trinajstić information content (AvgIpc) is 2.31. The number of aromatic nitrogens is 1. The third-order valence-electron chi connectivity index (χ3n) is 1.51. The summed E-state index contributed by atoms with van der Waals surface area (Å²) in [6, 6.07) is 6.91. The van der Waals surface area contributed by atoms with Gasteiger partial charge in [-0.2, -0.15) is 10.5 Å². The lowest BCUT2D eigenvalue weighted by molar-refractivity contribution is 1.26. The molecule has 0 saturated carbocycles. The van der Waals surface area contributed by atoms with Crippen molar-refractivity contribution < 1.29 is 0 Å². The highest BCUT2D eigenvalue weighted by Crippen LogP contribution is 1.99. The molecule has 2 N–H and O–H groups in total. The Labute approximate surface area is 86.8 Å². The molecule has 1 heterocycles. The molecule has 1 rings (SSSR count). The summed E-state index contributed by atoms with van der Waals surface area (Å²) in [5.41, 5.74) is 5.70. The van der Waals surface area contributed by atoms with E-state index in [1.54, 1.807) is 36.7 Å². The minimum absolute atomic E-state index is 0.0960. The molecule has 72 valence electrons. The third kappa shape index (κ3) is 2.94. The quantitative estimate of drug-likeness (QED) is 0.557. The van der Waals surface area contributed by atoms with Crippen molar-refractivity contribution in [3.63, 3.8) is 0 Å². The molecule has 0 saturated heterocycles. The van der Waals surface area contributed by atoms with Gasteiger partial charge in [0.15, 0.2) is 5.70 Å². The van der Waals surface area contributed by atoms with Crippen LogP contribution in [0.5, 0.6) is 0 Å². The number of rotatable bonds is 2. The summed E-state index contributed by atoms with van der Waals surface area (Å²) in [6.45, 7) is 0. The molecule has 5 nitrogen and oxygen atoms in total. The van der Waals surface area contributed by atoms with E-state index in [-0.39, 0.29) is 11.4 Å². The van der Waals surface area contributed by atoms with Crippen molar-refractivity contribution in [2.24, 2.45) is 10.7 Å². The fraction of sp³-hybridized carbons (Fsp3) is 0. The lowest BCUT2D eigenvalue weighted by atomic mass is 10.3. The fourth-order valence-corrected chi connectivity index (χ4v) is 0.803. The Morgan fingerprint density at radius 3 is 2.80 bits per heavy atom. The molecule has 0 amide bonds. The second-order valence-corrected chi connectivity index (χ2v) is 2.53. The Hall–Kier alpha value is -2.66. The van der Waals surface area contributed by atoms with Crippen LogP contribution >= 0.6 is 0 Å². The van der Waals surface area contributed by atoms with Crippen molar-refractivity contribution in [1.29, 1.82) is 10.5 Å². The van der Waals surface area contributed by atoms with E-state index in [1.165, 1.54) is 6.21 Å². The molecule has 0 aliphatic heterocycles. The van der Waals surface area contributed by atoms with Crippen LogP contribution in [-0.4, -0.2) is 11.2 Å². The molecule has 0 radical (unpaired) electrons. The summed E-state index contributed by atoms with van der Waals surface area (Å²) in [6.07, 6.45) is 4.64. The van der Waals surface area contributed by atoms with Crippen LogP contribution in [0.1, 0.15) is 5.56 Å². The van der Waals surface area contributed by atoms with E-state index < -0.39 is 0 Å². The number of hydrogen-bond donors (Lipinski definition) is 1. The van der Waals surface area contributed by atoms with Crippen LogP contribution in [0.2, 0.25) is 0 Å². The molecule has 1 aromatic heterocycles. The first-order valence-electron chi connectivity index (χ1n) is 4.02. The number of hydrogen-bond acceptors (Lipinski definition) is 5. The lowest BCUT2D eigenvalue weighted by Crippen LogP contribution is -1.97. The Kier molecular flexibility index (Phi) is 3.58. The molecule has 0 aliphatic carbocycles. The molecule has 15 heavy (non-hydrogen) atoms. The van der Waals surface area contributed by atoms with Crippen LogP contribution in [0, 0.1) is 22.7 Å². The van der Waals surface area contributed by atoms with Gasteiger partial charge in [-0.15, -0.1) is 0 Å². The minimum atomic E-state index is -0.197. The van der Waals surface area contributed by atoms with Crippen LogP contribution in [0.25, 0.3) is 0 Å². The molecular formula is C10H7N5. The molecule has 0 spiro atoms. The molecule has 0 atom stereocenters. The predicted molar refractivity (Wildman–Crippen MR) is 54.3 cm³/mol. The first-order chi connectivity index (χ1) is 7.27. The van der Waals surface area contributed by atoms with Crippen molar-refractivity contribution in [2.45, 2.75) is 0 Å². The number of aliphatic imine (C=N–C) groups is 1. The average molecular weight is 197 g/mol. The molecule has 5 heteroatoms. The lowest BCUT2D eigenvalue weighted by Gasteiger charge is -1.91. The Balaban J connectivity index is 2.93. The first kappa shape index (κ1) is 10.4. The van der Waals surface area contributed by atoms with E-state index in [0.29, 0.717) is 0 Å². The van der Waals surface area contributed by atoms with E-state index in [1.807, 2.05) is 0 Å². The summed E-state index contributed by atoms with van der Waals surface area (Å²) < 4.78 is 0. The third-order valence-corrected chi connectivity index (χ3v) is 1.51. The van der Waals surface area contributed by atoms with E-state index in [2.05, 4.69) is 9.98 Å². The number of allylic oxidation sites excluding steroid dienone is 2. The zero-order valence-corrected chi connectivity index (χ0v) is 7.75. The maximum absolute atomic E-state index is 8.64. The van der Waals surface area contributed by atoms with Gasteiger partial charge in [-0.05, 0) is 6.07 Å². The molecule has 0 unspecified atom stereocenters. The number of nitrogens with two attached hydrogens (primary N) is 1. The van der Waals surface area contributed by atoms with Crippen LogP contribution < -0.4 is 5.73 Å². The van der Waals surface area contributed by atoms with Gasteiger partial charge in [-0.25, -0.2) is 4.99 Å². The van der Waals surface area contributed by atoms with Crippen molar-refractivity contribution >= 4 is 6.21 Å². The van der Waals surface area contributed by atoms with Gasteiger partial charge in [-0.1, -0.05) is 6.07 Å². The van der Waals surface area contributed by atoms with Crippen molar-refractivity contribution in [2.75, 3.05) is 0 Å². The summed E-state index contributed by atoms with van der Waals surface area (Å²) in [4.78, 5) is 7.66. The van der Waals surface area contributed by atoms with E-state index in [9.17, 15) is 0 Å². The molecule has 0 aliphatic rings. The maximum Gasteiger partial charge on any atom is 0.174 e. The topological polar surface area (TPSA) is 98.8 Å². The second-order valence-electron chi connectivity index (χ2n) is 2.53. The SMILES string of the molecule is N#CC(N)=C(C#N)N=Cc1cccnc1. The van der Waals surface area contributed by atoms with E-state index in [0.717, 1.165) is 5.56 Å². The number of nitrogens with zero attached hydrogens (tertiary/aromatic N) is 4. The summed E-state index contributed by atoms with van der Waals surface area (Å²) in [5, 5.41) is 17.1. The summed E-state index contributed by atoms with van der Waals surface area (Å²) in [7, 11) is 0. The van der Waals surface area contributed by atoms with E-state index >= 15 is 0 Å². The largest absolute Gasteiger partial charge is 0.388 e. The predicted octanol–water partition coefficient (Wildman–Crippen LogP) is 0.718. The smallest absolute Gasteiger partial charge is 0.174 e. The standard InChI is InChI=1S/C10H7N5/c11-4-9(13)10(5-12)15-7-8-2-1-3-14-6-8/h1-3,6-7H,13H2. The van der Waals surface area contributed by atoms with Crippen molar-refractivity contribution in [3.8, 4) is 12.1 Å². The molecule has 0 aromatic carbocycles. The van der Waals surface area contributed by atoms with E-state index in [4.69, 9.17) is 16.3 Å². The second kappa shape index (κ2) is 5.15. The van der Waals surface area contributed by atoms with Crippen LogP contribution in [0.4, 0.5) is 0 Å². The minimum Gasteiger partial charge on any atom is -0.388 e. The van der Waals surface area contributed by atoms with Gasteiger partial charge >= 0.3 is 0 Å². The van der Waals surface area contributed by atoms with Gasteiger partial charge in [0.1, 0.15) is 17.8 Å². The zero-order chi connectivity index (χ0) is 11.1.